The van der Waals surface area contributed by atoms with E-state index in [2.05, 4.69) is 41.4 Å². The number of halogens is 2. The molecule has 0 fully saturated rings. The first-order valence-corrected chi connectivity index (χ1v) is 8.56. The van der Waals surface area contributed by atoms with Crippen LogP contribution in [0.2, 0.25) is 0 Å². The molecule has 5 heteroatoms. The summed E-state index contributed by atoms with van der Waals surface area (Å²) >= 11 is 4.94. The molecule has 2 nitrogen and oxygen atoms in total. The maximum Gasteiger partial charge on any atom is 0.128 e. The van der Waals surface area contributed by atoms with Gasteiger partial charge in [0.05, 0.1) is 11.1 Å². The third-order valence-electron chi connectivity index (χ3n) is 2.89. The lowest BCUT2D eigenvalue weighted by Crippen LogP contribution is -2.44. The Morgan fingerprint density at radius 3 is 2.24 bits per heavy atom. The van der Waals surface area contributed by atoms with Crippen molar-refractivity contribution in [2.24, 2.45) is 0 Å². The van der Waals surface area contributed by atoms with Gasteiger partial charge in [-0.05, 0) is 66.2 Å². The number of hydrogen-bond donors (Lipinski definition) is 2. The molecule has 0 saturated heterocycles. The van der Waals surface area contributed by atoms with Crippen molar-refractivity contribution in [3.8, 4) is 0 Å². The Morgan fingerprint density at radius 2 is 1.76 bits per heavy atom. The summed E-state index contributed by atoms with van der Waals surface area (Å²) in [6.45, 7) is 11.7. The van der Waals surface area contributed by atoms with E-state index in [4.69, 9.17) is 0 Å². The molecule has 1 rings (SSSR count). The zero-order valence-electron chi connectivity index (χ0n) is 13.6. The highest BCUT2D eigenvalue weighted by Crippen LogP contribution is 2.37. The van der Waals surface area contributed by atoms with E-state index in [1.54, 1.807) is 37.9 Å². The molecule has 0 bridgehead atoms. The van der Waals surface area contributed by atoms with Crippen LogP contribution in [0.4, 0.5) is 4.39 Å². The Labute approximate surface area is 140 Å². The molecule has 0 aliphatic rings. The van der Waals surface area contributed by atoms with Crippen LogP contribution in [0.1, 0.15) is 53.5 Å². The summed E-state index contributed by atoms with van der Waals surface area (Å²) in [6.07, 6.45) is 0.399. The van der Waals surface area contributed by atoms with Crippen LogP contribution in [0.5, 0.6) is 0 Å². The molecule has 0 heterocycles. The first kappa shape index (κ1) is 18.9. The summed E-state index contributed by atoms with van der Waals surface area (Å²) in [4.78, 5) is 0. The van der Waals surface area contributed by atoms with Crippen molar-refractivity contribution in [2.45, 2.75) is 63.9 Å². The maximum atomic E-state index is 14.3. The number of rotatable bonds is 5. The van der Waals surface area contributed by atoms with Crippen molar-refractivity contribution < 1.29 is 9.50 Å². The summed E-state index contributed by atoms with van der Waals surface area (Å²) in [5.74, 6) is -0.271. The van der Waals surface area contributed by atoms with Gasteiger partial charge >= 0.3 is 0 Å². The van der Waals surface area contributed by atoms with Gasteiger partial charge in [0.25, 0.3) is 0 Å². The average molecular weight is 378 g/mol. The molecule has 120 valence electrons. The molecular weight excluding hydrogens is 353 g/mol. The molecule has 0 spiro atoms. The van der Waals surface area contributed by atoms with Gasteiger partial charge in [0, 0.05) is 14.8 Å². The lowest BCUT2D eigenvalue weighted by Gasteiger charge is -2.38. The van der Waals surface area contributed by atoms with Gasteiger partial charge in [0.1, 0.15) is 5.82 Å². The van der Waals surface area contributed by atoms with Crippen LogP contribution in [-0.2, 0) is 5.54 Å². The van der Waals surface area contributed by atoms with Crippen LogP contribution >= 0.6 is 27.9 Å². The third kappa shape index (κ3) is 6.27. The van der Waals surface area contributed by atoms with Crippen molar-refractivity contribution >= 4 is 27.9 Å². The Balaban J connectivity index is 3.20. The zero-order chi connectivity index (χ0) is 16.5. The number of hydrogen-bond acceptors (Lipinski definition) is 3. The molecule has 1 aromatic carbocycles. The monoisotopic (exact) mass is 377 g/mol. The number of nitrogens with one attached hydrogen (secondary N) is 1. The van der Waals surface area contributed by atoms with E-state index >= 15 is 0 Å². The fraction of sp³-hybridized carbons (Fsp3) is 0.625. The SMILES string of the molecule is CC(C)(O)C[C@](C)(NSC(C)(C)C)c1cc(Br)ccc1F. The highest BCUT2D eigenvalue weighted by atomic mass is 79.9. The Hall–Kier alpha value is -0.100. The second-order valence-corrected chi connectivity index (χ2v) is 9.81. The normalized spacial score (nSPS) is 15.9. The van der Waals surface area contributed by atoms with Crippen LogP contribution < -0.4 is 4.72 Å². The zero-order valence-corrected chi connectivity index (χ0v) is 16.0. The molecule has 0 radical (unpaired) electrons. The van der Waals surface area contributed by atoms with Gasteiger partial charge in [-0.3, -0.25) is 4.72 Å². The molecule has 1 aromatic rings. The lowest BCUT2D eigenvalue weighted by atomic mass is 9.83. The second kappa shape index (κ2) is 6.57. The first-order valence-electron chi connectivity index (χ1n) is 6.95. The largest absolute Gasteiger partial charge is 0.390 e. The fourth-order valence-corrected chi connectivity index (χ4v) is 3.31. The first-order chi connectivity index (χ1) is 9.32. The minimum atomic E-state index is -0.908. The molecule has 0 amide bonds. The van der Waals surface area contributed by atoms with Gasteiger partial charge in [-0.2, -0.15) is 0 Å². The molecule has 2 N–H and O–H groups in total. The van der Waals surface area contributed by atoms with Crippen LogP contribution in [0.15, 0.2) is 22.7 Å². The third-order valence-corrected chi connectivity index (χ3v) is 4.55. The van der Waals surface area contributed by atoms with E-state index < -0.39 is 11.1 Å². The molecule has 0 aromatic heterocycles. The van der Waals surface area contributed by atoms with E-state index in [-0.39, 0.29) is 10.6 Å². The number of benzene rings is 1. The van der Waals surface area contributed by atoms with Gasteiger partial charge in [0.2, 0.25) is 0 Å². The molecule has 0 unspecified atom stereocenters. The predicted octanol–water partition coefficient (Wildman–Crippen LogP) is 5.00. The summed E-state index contributed by atoms with van der Waals surface area (Å²) in [7, 11) is 0. The minimum Gasteiger partial charge on any atom is -0.390 e. The Bertz CT molecular complexity index is 496. The van der Waals surface area contributed by atoms with E-state index in [0.29, 0.717) is 12.0 Å². The van der Waals surface area contributed by atoms with Crippen molar-refractivity contribution in [3.05, 3.63) is 34.1 Å². The van der Waals surface area contributed by atoms with Crippen LogP contribution in [0.3, 0.4) is 0 Å². The predicted molar refractivity (Wildman–Crippen MR) is 92.8 cm³/mol. The quantitative estimate of drug-likeness (QED) is 0.708. The van der Waals surface area contributed by atoms with Crippen molar-refractivity contribution in [2.75, 3.05) is 0 Å². The highest BCUT2D eigenvalue weighted by Gasteiger charge is 2.36. The van der Waals surface area contributed by atoms with Crippen LogP contribution in [0, 0.1) is 5.82 Å². The summed E-state index contributed by atoms with van der Waals surface area (Å²) < 4.78 is 18.5. The van der Waals surface area contributed by atoms with E-state index in [9.17, 15) is 9.50 Å². The van der Waals surface area contributed by atoms with E-state index in [1.807, 2.05) is 6.92 Å². The fourth-order valence-electron chi connectivity index (χ4n) is 2.24. The van der Waals surface area contributed by atoms with Crippen molar-refractivity contribution in [1.29, 1.82) is 0 Å². The molecule has 0 saturated carbocycles. The van der Waals surface area contributed by atoms with Crippen molar-refractivity contribution in [3.63, 3.8) is 0 Å². The second-order valence-electron chi connectivity index (χ2n) is 7.26. The van der Waals surface area contributed by atoms with E-state index in [0.717, 1.165) is 4.47 Å². The Kier molecular flexibility index (Phi) is 5.93. The molecule has 1 atom stereocenters. The Morgan fingerprint density at radius 1 is 1.19 bits per heavy atom. The standard InChI is InChI=1S/C16H25BrFNOS/c1-14(2,3)21-19-16(6,10-15(4,5)20)12-9-11(17)7-8-13(12)18/h7-9,19-20H,10H2,1-6H3/t16-/m0/s1. The summed E-state index contributed by atoms with van der Waals surface area (Å²) in [5.41, 5.74) is -1.03. The summed E-state index contributed by atoms with van der Waals surface area (Å²) in [6, 6.07) is 4.91. The highest BCUT2D eigenvalue weighted by molar-refractivity contribution is 9.10. The van der Waals surface area contributed by atoms with E-state index in [1.165, 1.54) is 6.07 Å². The lowest BCUT2D eigenvalue weighted by molar-refractivity contribution is 0.0442. The van der Waals surface area contributed by atoms with Gasteiger partial charge < -0.3 is 5.11 Å². The molecule has 21 heavy (non-hydrogen) atoms. The smallest absolute Gasteiger partial charge is 0.128 e. The van der Waals surface area contributed by atoms with Gasteiger partial charge in [0.15, 0.2) is 0 Å². The van der Waals surface area contributed by atoms with Crippen molar-refractivity contribution in [1.82, 2.24) is 4.72 Å². The maximum absolute atomic E-state index is 14.3. The number of aliphatic hydroxyl groups is 1. The molecule has 0 aliphatic carbocycles. The van der Waals surface area contributed by atoms with Gasteiger partial charge in [-0.25, -0.2) is 4.39 Å². The minimum absolute atomic E-state index is 0.0106. The van der Waals surface area contributed by atoms with Gasteiger partial charge in [-0.15, -0.1) is 0 Å². The van der Waals surface area contributed by atoms with Gasteiger partial charge in [-0.1, -0.05) is 27.9 Å². The average Bonchev–Trinajstić information content (AvgIpc) is 2.27. The van der Waals surface area contributed by atoms with Crippen LogP contribution in [-0.4, -0.2) is 15.5 Å². The van der Waals surface area contributed by atoms with Crippen LogP contribution in [0.25, 0.3) is 0 Å². The summed E-state index contributed by atoms with van der Waals surface area (Å²) in [5, 5.41) is 10.2. The topological polar surface area (TPSA) is 32.3 Å². The molecule has 0 aliphatic heterocycles. The molecular formula is C16H25BrFNOS.